The van der Waals surface area contributed by atoms with E-state index >= 15 is 0 Å². The number of ether oxygens (including phenoxy) is 1. The van der Waals surface area contributed by atoms with E-state index in [-0.39, 0.29) is 0 Å². The normalized spacial score (nSPS) is 10.2. The van der Waals surface area contributed by atoms with Gasteiger partial charge in [0.25, 0.3) is 0 Å². The van der Waals surface area contributed by atoms with Gasteiger partial charge in [0, 0.05) is 19.9 Å². The lowest BCUT2D eigenvalue weighted by molar-refractivity contribution is 0.116. The minimum absolute atomic E-state index is 0.486. The predicted octanol–water partition coefficient (Wildman–Crippen LogP) is 2.05. The Hall–Kier alpha value is -0.430. The molecule has 1 rings (SSSR count). The summed E-state index contributed by atoms with van der Waals surface area (Å²) < 4.78 is 6.37. The Morgan fingerprint density at radius 2 is 2.36 bits per heavy atom. The monoisotopic (exact) mass is 307 g/mol. The highest BCUT2D eigenvalue weighted by Crippen LogP contribution is 2.13. The molecule has 0 atom stereocenters. The summed E-state index contributed by atoms with van der Waals surface area (Å²) in [5, 5.41) is 3.01. The van der Waals surface area contributed by atoms with Gasteiger partial charge in [-0.15, -0.1) is 0 Å². The zero-order valence-electron chi connectivity index (χ0n) is 8.38. The number of rotatable bonds is 5. The van der Waals surface area contributed by atoms with Crippen LogP contribution in [0.25, 0.3) is 0 Å². The predicted molar refractivity (Wildman–Crippen MR) is 64.2 cm³/mol. The molecule has 0 aromatic carbocycles. The number of halogens is 1. The van der Waals surface area contributed by atoms with E-state index < -0.39 is 0 Å². The van der Waals surface area contributed by atoms with Crippen molar-refractivity contribution in [2.45, 2.75) is 20.0 Å². The molecule has 14 heavy (non-hydrogen) atoms. The zero-order valence-corrected chi connectivity index (χ0v) is 10.5. The molecule has 0 unspecified atom stereocenters. The van der Waals surface area contributed by atoms with Gasteiger partial charge in [-0.2, -0.15) is 0 Å². The summed E-state index contributed by atoms with van der Waals surface area (Å²) in [6.45, 7) is 3.32. The van der Waals surface area contributed by atoms with Crippen LogP contribution in [0, 0.1) is 3.57 Å². The summed E-state index contributed by atoms with van der Waals surface area (Å²) in [7, 11) is 1.85. The van der Waals surface area contributed by atoms with Crippen molar-refractivity contribution in [3.8, 4) is 0 Å². The molecular formula is C9H14IN3O. The maximum atomic E-state index is 5.35. The molecular weight excluding hydrogens is 293 g/mol. The van der Waals surface area contributed by atoms with Gasteiger partial charge in [0.15, 0.2) is 5.82 Å². The van der Waals surface area contributed by atoms with E-state index in [2.05, 4.69) is 44.8 Å². The van der Waals surface area contributed by atoms with Crippen LogP contribution in [0.15, 0.2) is 6.20 Å². The van der Waals surface area contributed by atoms with Crippen LogP contribution >= 0.6 is 22.6 Å². The van der Waals surface area contributed by atoms with Gasteiger partial charge < -0.3 is 10.1 Å². The van der Waals surface area contributed by atoms with Gasteiger partial charge in [-0.05, 0) is 29.0 Å². The van der Waals surface area contributed by atoms with E-state index in [9.17, 15) is 0 Å². The summed E-state index contributed by atoms with van der Waals surface area (Å²) in [5.74, 6) is 1.58. The molecule has 0 saturated heterocycles. The van der Waals surface area contributed by atoms with Gasteiger partial charge in [-0.3, -0.25) is 0 Å². The Labute approximate surface area is 97.6 Å². The SMILES string of the molecule is CCCOCc1ncc(I)c(NC)n1. The van der Waals surface area contributed by atoms with Gasteiger partial charge in [-0.1, -0.05) is 6.92 Å². The topological polar surface area (TPSA) is 47.0 Å². The maximum absolute atomic E-state index is 5.35. The fourth-order valence-corrected chi connectivity index (χ4v) is 1.49. The van der Waals surface area contributed by atoms with Crippen LogP contribution < -0.4 is 5.32 Å². The number of nitrogens with zero attached hydrogens (tertiary/aromatic N) is 2. The summed E-state index contributed by atoms with van der Waals surface area (Å²) in [6, 6.07) is 0. The molecule has 1 aromatic rings. The number of anilines is 1. The first-order chi connectivity index (χ1) is 6.77. The van der Waals surface area contributed by atoms with Gasteiger partial charge in [0.2, 0.25) is 0 Å². The molecule has 0 saturated carbocycles. The van der Waals surface area contributed by atoms with E-state index in [1.165, 1.54) is 0 Å². The Morgan fingerprint density at radius 3 is 3.00 bits per heavy atom. The molecule has 78 valence electrons. The van der Waals surface area contributed by atoms with Crippen molar-refractivity contribution in [2.24, 2.45) is 0 Å². The van der Waals surface area contributed by atoms with Gasteiger partial charge in [0.1, 0.15) is 12.4 Å². The van der Waals surface area contributed by atoms with Crippen LogP contribution in [0.5, 0.6) is 0 Å². The summed E-state index contributed by atoms with van der Waals surface area (Å²) >= 11 is 2.19. The van der Waals surface area contributed by atoms with Crippen molar-refractivity contribution >= 4 is 28.4 Å². The second-order valence-electron chi connectivity index (χ2n) is 2.79. The molecule has 0 fully saturated rings. The first-order valence-corrected chi connectivity index (χ1v) is 5.62. The number of nitrogens with one attached hydrogen (secondary N) is 1. The molecule has 0 aliphatic heterocycles. The molecule has 0 aliphatic rings. The third-order valence-corrected chi connectivity index (χ3v) is 2.40. The highest BCUT2D eigenvalue weighted by atomic mass is 127. The smallest absolute Gasteiger partial charge is 0.156 e. The van der Waals surface area contributed by atoms with Crippen LogP contribution in [-0.4, -0.2) is 23.6 Å². The highest BCUT2D eigenvalue weighted by molar-refractivity contribution is 14.1. The van der Waals surface area contributed by atoms with Crippen LogP contribution in [0.3, 0.4) is 0 Å². The molecule has 0 radical (unpaired) electrons. The van der Waals surface area contributed by atoms with Crippen molar-refractivity contribution in [3.05, 3.63) is 15.6 Å². The molecule has 1 heterocycles. The van der Waals surface area contributed by atoms with Crippen LogP contribution in [0.4, 0.5) is 5.82 Å². The van der Waals surface area contributed by atoms with E-state index in [1.807, 2.05) is 7.05 Å². The van der Waals surface area contributed by atoms with Gasteiger partial charge in [0.05, 0.1) is 3.57 Å². The summed E-state index contributed by atoms with van der Waals surface area (Å²) in [5.41, 5.74) is 0. The van der Waals surface area contributed by atoms with E-state index in [1.54, 1.807) is 6.20 Å². The zero-order chi connectivity index (χ0) is 10.4. The third kappa shape index (κ3) is 3.38. The lowest BCUT2D eigenvalue weighted by Crippen LogP contribution is -2.04. The van der Waals surface area contributed by atoms with E-state index in [0.717, 1.165) is 28.2 Å². The number of hydrogen-bond donors (Lipinski definition) is 1. The summed E-state index contributed by atoms with van der Waals surface area (Å²) in [4.78, 5) is 8.48. The molecule has 0 bridgehead atoms. The minimum atomic E-state index is 0.486. The molecule has 4 nitrogen and oxygen atoms in total. The van der Waals surface area contributed by atoms with Crippen molar-refractivity contribution in [1.82, 2.24) is 9.97 Å². The number of hydrogen-bond acceptors (Lipinski definition) is 4. The van der Waals surface area contributed by atoms with Crippen molar-refractivity contribution in [3.63, 3.8) is 0 Å². The Balaban J connectivity index is 2.60. The van der Waals surface area contributed by atoms with E-state index in [4.69, 9.17) is 4.74 Å². The van der Waals surface area contributed by atoms with Gasteiger partial charge in [-0.25, -0.2) is 9.97 Å². The van der Waals surface area contributed by atoms with Crippen LogP contribution in [0.2, 0.25) is 0 Å². The quantitative estimate of drug-likeness (QED) is 0.668. The van der Waals surface area contributed by atoms with Crippen LogP contribution in [0.1, 0.15) is 19.2 Å². The second kappa shape index (κ2) is 6.13. The average molecular weight is 307 g/mol. The van der Waals surface area contributed by atoms with Crippen molar-refractivity contribution in [1.29, 1.82) is 0 Å². The number of aromatic nitrogens is 2. The molecule has 1 aromatic heterocycles. The first-order valence-electron chi connectivity index (χ1n) is 4.54. The van der Waals surface area contributed by atoms with E-state index in [0.29, 0.717) is 6.61 Å². The summed E-state index contributed by atoms with van der Waals surface area (Å²) in [6.07, 6.45) is 2.81. The van der Waals surface area contributed by atoms with Crippen LogP contribution in [-0.2, 0) is 11.3 Å². The lowest BCUT2D eigenvalue weighted by atomic mass is 10.5. The first kappa shape index (κ1) is 11.6. The molecule has 0 aliphatic carbocycles. The Morgan fingerprint density at radius 1 is 1.57 bits per heavy atom. The second-order valence-corrected chi connectivity index (χ2v) is 3.95. The lowest BCUT2D eigenvalue weighted by Gasteiger charge is -2.05. The minimum Gasteiger partial charge on any atom is -0.373 e. The maximum Gasteiger partial charge on any atom is 0.156 e. The van der Waals surface area contributed by atoms with Crippen molar-refractivity contribution < 1.29 is 4.74 Å². The molecule has 0 spiro atoms. The average Bonchev–Trinajstić information content (AvgIpc) is 2.21. The fourth-order valence-electron chi connectivity index (χ4n) is 0.956. The highest BCUT2D eigenvalue weighted by Gasteiger charge is 2.02. The Bertz CT molecular complexity index is 293. The largest absolute Gasteiger partial charge is 0.373 e. The molecule has 0 amide bonds. The standard InChI is InChI=1S/C9H14IN3O/c1-3-4-14-6-8-12-5-7(10)9(11-2)13-8/h5H,3-4,6H2,1-2H3,(H,11,12,13). The Kier molecular flexibility index (Phi) is 5.10. The molecule has 1 N–H and O–H groups in total. The van der Waals surface area contributed by atoms with Crippen molar-refractivity contribution in [2.75, 3.05) is 19.0 Å². The van der Waals surface area contributed by atoms with Gasteiger partial charge >= 0.3 is 0 Å². The molecule has 5 heteroatoms. The third-order valence-electron chi connectivity index (χ3n) is 1.61. The fraction of sp³-hybridized carbons (Fsp3) is 0.556.